The number of hydrogen-bond donors (Lipinski definition) is 3. The fourth-order valence-electron chi connectivity index (χ4n) is 4.58. The number of nitrogens with one attached hydrogen (secondary N) is 3. The first kappa shape index (κ1) is 20.5. The van der Waals surface area contributed by atoms with E-state index in [0.717, 1.165) is 27.7 Å². The minimum Gasteiger partial charge on any atom is -0.390 e. The molecule has 1 aliphatic rings. The van der Waals surface area contributed by atoms with Crippen LogP contribution in [0.4, 0.5) is 4.39 Å². The molecule has 3 N–H and O–H groups in total. The van der Waals surface area contributed by atoms with Gasteiger partial charge in [-0.05, 0) is 50.1 Å². The molecule has 4 aromatic heterocycles. The Labute approximate surface area is 193 Å². The topological polar surface area (TPSA) is 117 Å². The number of rotatable bonds is 4. The van der Waals surface area contributed by atoms with Crippen molar-refractivity contribution in [2.45, 2.75) is 38.9 Å². The van der Waals surface area contributed by atoms with E-state index in [4.69, 9.17) is 4.42 Å². The van der Waals surface area contributed by atoms with E-state index >= 15 is 0 Å². The summed E-state index contributed by atoms with van der Waals surface area (Å²) in [5.41, 5.74) is 5.51. The second-order valence-corrected chi connectivity index (χ2v) is 8.49. The second kappa shape index (κ2) is 7.77. The Balaban J connectivity index is 1.44. The predicted molar refractivity (Wildman–Crippen MR) is 123 cm³/mol. The number of imidazole rings is 1. The molecule has 0 aliphatic carbocycles. The average molecular weight is 459 g/mol. The number of H-pyrrole nitrogens is 2. The van der Waals surface area contributed by atoms with Crippen molar-refractivity contribution in [3.8, 4) is 11.4 Å². The van der Waals surface area contributed by atoms with E-state index in [1.807, 2.05) is 6.92 Å². The van der Waals surface area contributed by atoms with Crippen molar-refractivity contribution in [3.63, 3.8) is 0 Å². The molecule has 172 valence electrons. The van der Waals surface area contributed by atoms with Crippen LogP contribution in [-0.2, 0) is 13.0 Å². The highest BCUT2D eigenvalue weighted by Crippen LogP contribution is 2.38. The fraction of sp³-hybridized carbons (Fsp3) is 0.250. The third-order valence-corrected chi connectivity index (χ3v) is 6.26. The van der Waals surface area contributed by atoms with Gasteiger partial charge in [0.2, 0.25) is 5.89 Å². The van der Waals surface area contributed by atoms with Crippen LogP contribution >= 0.6 is 0 Å². The Kier molecular flexibility index (Phi) is 4.70. The lowest BCUT2D eigenvalue weighted by molar-refractivity contribution is 0.356. The first-order valence-corrected chi connectivity index (χ1v) is 11.1. The molecule has 0 fully saturated rings. The van der Waals surface area contributed by atoms with Crippen LogP contribution < -0.4 is 11.1 Å². The lowest BCUT2D eigenvalue weighted by Crippen LogP contribution is -2.35. The zero-order chi connectivity index (χ0) is 23.4. The van der Waals surface area contributed by atoms with Crippen LogP contribution in [0.15, 0.2) is 51.9 Å². The third-order valence-electron chi connectivity index (χ3n) is 6.26. The van der Waals surface area contributed by atoms with E-state index in [1.54, 1.807) is 12.3 Å². The lowest BCUT2D eigenvalue weighted by atomic mass is 9.93. The molecule has 0 bridgehead atoms. The minimum absolute atomic E-state index is 0.205. The predicted octanol–water partition coefficient (Wildman–Crippen LogP) is 3.55. The molecule has 0 saturated carbocycles. The molecule has 2 unspecified atom stereocenters. The summed E-state index contributed by atoms with van der Waals surface area (Å²) in [4.78, 5) is 27.7. The maximum atomic E-state index is 13.3. The Morgan fingerprint density at radius 3 is 2.82 bits per heavy atom. The maximum absolute atomic E-state index is 13.3. The highest BCUT2D eigenvalue weighted by atomic mass is 19.1. The smallest absolute Gasteiger partial charge is 0.390 e. The first-order valence-electron chi connectivity index (χ1n) is 11.1. The van der Waals surface area contributed by atoms with Gasteiger partial charge in [0, 0.05) is 23.1 Å². The average Bonchev–Trinajstić information content (AvgIpc) is 3.56. The molecule has 6 rings (SSSR count). The summed E-state index contributed by atoms with van der Waals surface area (Å²) >= 11 is 0. The van der Waals surface area contributed by atoms with E-state index < -0.39 is 17.6 Å². The number of aromatic nitrogens is 6. The van der Waals surface area contributed by atoms with Crippen LogP contribution in [0.3, 0.4) is 0 Å². The summed E-state index contributed by atoms with van der Waals surface area (Å²) in [6.45, 7) is 4.32. The number of hydrogen-bond acceptors (Lipinski definition) is 6. The molecule has 5 heterocycles. The molecule has 2 atom stereocenters. The van der Waals surface area contributed by atoms with E-state index in [1.165, 1.54) is 16.9 Å². The molecule has 0 saturated heterocycles. The van der Waals surface area contributed by atoms with Crippen molar-refractivity contribution in [2.75, 3.05) is 0 Å². The quantitative estimate of drug-likeness (QED) is 0.378. The lowest BCUT2D eigenvalue weighted by Gasteiger charge is -2.28. The van der Waals surface area contributed by atoms with Gasteiger partial charge in [0.15, 0.2) is 0 Å². The highest BCUT2D eigenvalue weighted by Gasteiger charge is 2.35. The first-order chi connectivity index (χ1) is 16.5. The molecule has 10 heteroatoms. The summed E-state index contributed by atoms with van der Waals surface area (Å²) in [6.07, 6.45) is 3.53. The van der Waals surface area contributed by atoms with Gasteiger partial charge < -0.3 is 14.4 Å². The summed E-state index contributed by atoms with van der Waals surface area (Å²) in [5.74, 6) is 0.122. The van der Waals surface area contributed by atoms with Gasteiger partial charge >= 0.3 is 5.76 Å². The van der Waals surface area contributed by atoms with E-state index in [0.29, 0.717) is 36.1 Å². The number of benzene rings is 1. The molecule has 0 radical (unpaired) electrons. The van der Waals surface area contributed by atoms with E-state index in [2.05, 4.69) is 55.5 Å². The van der Waals surface area contributed by atoms with Gasteiger partial charge in [-0.15, -0.1) is 5.10 Å². The van der Waals surface area contributed by atoms with E-state index in [9.17, 15) is 9.18 Å². The summed E-state index contributed by atoms with van der Waals surface area (Å²) < 4.78 is 20.1. The maximum Gasteiger partial charge on any atom is 0.437 e. The van der Waals surface area contributed by atoms with Crippen LogP contribution in [0, 0.1) is 12.7 Å². The number of pyridine rings is 1. The van der Waals surface area contributed by atoms with Gasteiger partial charge in [-0.2, -0.15) is 4.68 Å². The molecule has 34 heavy (non-hydrogen) atoms. The molecule has 5 aromatic rings. The Morgan fingerprint density at radius 2 is 2.06 bits per heavy atom. The van der Waals surface area contributed by atoms with E-state index in [-0.39, 0.29) is 6.04 Å². The summed E-state index contributed by atoms with van der Waals surface area (Å²) in [7, 11) is 0. The van der Waals surface area contributed by atoms with Crippen LogP contribution in [-0.4, -0.2) is 29.7 Å². The zero-order valence-electron chi connectivity index (χ0n) is 18.6. The highest BCUT2D eigenvalue weighted by molar-refractivity contribution is 5.86. The monoisotopic (exact) mass is 459 g/mol. The molecular weight excluding hydrogens is 437 g/mol. The van der Waals surface area contributed by atoms with Crippen LogP contribution in [0.5, 0.6) is 0 Å². The zero-order valence-corrected chi connectivity index (χ0v) is 18.6. The Hall–Kier alpha value is -4.05. The van der Waals surface area contributed by atoms with Gasteiger partial charge in [-0.3, -0.25) is 10.3 Å². The minimum atomic E-state index is -0.488. The second-order valence-electron chi connectivity index (χ2n) is 8.49. The van der Waals surface area contributed by atoms with Gasteiger partial charge in [-0.1, -0.05) is 11.6 Å². The summed E-state index contributed by atoms with van der Waals surface area (Å²) in [6, 6.07) is 8.58. The van der Waals surface area contributed by atoms with Crippen molar-refractivity contribution < 1.29 is 8.81 Å². The SMILES string of the molecule is CCn1nc(C2NC(c3ncc(-c4ccc(F)cn4)[nH]3)Cc3c2[nH]c2ccc(C)cc32)oc1=O. The third kappa shape index (κ3) is 3.34. The van der Waals surface area contributed by atoms with Crippen LogP contribution in [0.2, 0.25) is 0 Å². The van der Waals surface area contributed by atoms with Crippen LogP contribution in [0.25, 0.3) is 22.3 Å². The molecule has 1 aliphatic heterocycles. The normalized spacial score (nSPS) is 17.9. The number of aromatic amines is 2. The van der Waals surface area contributed by atoms with Crippen molar-refractivity contribution in [1.82, 2.24) is 35.0 Å². The van der Waals surface area contributed by atoms with Crippen molar-refractivity contribution in [3.05, 3.63) is 87.6 Å². The molecule has 0 spiro atoms. The van der Waals surface area contributed by atoms with Crippen molar-refractivity contribution in [2.24, 2.45) is 0 Å². The van der Waals surface area contributed by atoms with Gasteiger partial charge in [0.05, 0.1) is 29.8 Å². The van der Waals surface area contributed by atoms with Gasteiger partial charge in [0.25, 0.3) is 0 Å². The van der Waals surface area contributed by atoms with Crippen molar-refractivity contribution in [1.29, 1.82) is 0 Å². The van der Waals surface area contributed by atoms with Gasteiger partial charge in [-0.25, -0.2) is 14.2 Å². The number of nitrogens with zero attached hydrogens (tertiary/aromatic N) is 4. The number of fused-ring (bicyclic) bond motifs is 3. The molecule has 9 nitrogen and oxygen atoms in total. The molecular formula is C24H22FN7O2. The fourth-order valence-corrected chi connectivity index (χ4v) is 4.58. The summed E-state index contributed by atoms with van der Waals surface area (Å²) in [5, 5.41) is 9.07. The number of aryl methyl sites for hydroxylation is 2. The van der Waals surface area contributed by atoms with Crippen LogP contribution in [0.1, 0.15) is 47.5 Å². The molecule has 1 aromatic carbocycles. The standard InChI is InChI=1S/C24H22FN7O2/c1-3-32-24(33)34-23(31-32)21-20-15(14-8-12(2)4-6-16(14)28-20)9-18(29-21)22-27-11-19(30-22)17-7-5-13(25)10-26-17/h4-8,10-11,18,21,28-29H,3,9H2,1-2H3,(H,27,30). The largest absolute Gasteiger partial charge is 0.437 e. The Bertz CT molecular complexity index is 1560. The number of halogens is 1. The van der Waals surface area contributed by atoms with Gasteiger partial charge in [0.1, 0.15) is 17.7 Å². The molecule has 0 amide bonds. The Morgan fingerprint density at radius 1 is 1.18 bits per heavy atom. The van der Waals surface area contributed by atoms with Crippen molar-refractivity contribution >= 4 is 10.9 Å².